The molecule has 2 rings (SSSR count). The molecule has 16 heavy (non-hydrogen) atoms. The summed E-state index contributed by atoms with van der Waals surface area (Å²) in [6, 6.07) is 4.68. The molecule has 0 amide bonds. The van der Waals surface area contributed by atoms with Crippen LogP contribution in [0.3, 0.4) is 0 Å². The molecule has 1 aromatic heterocycles. The minimum atomic E-state index is -0.231. The third kappa shape index (κ3) is 2.78. The van der Waals surface area contributed by atoms with Crippen molar-refractivity contribution in [2.24, 2.45) is 5.73 Å². The Balaban J connectivity index is 2.11. The molecule has 0 aliphatic rings. The third-order valence-corrected chi connectivity index (χ3v) is 3.93. The quantitative estimate of drug-likeness (QED) is 0.852. The van der Waals surface area contributed by atoms with E-state index < -0.39 is 0 Å². The Morgan fingerprint density at radius 1 is 1.38 bits per heavy atom. The van der Waals surface area contributed by atoms with Crippen LogP contribution in [0.4, 0.5) is 4.39 Å². The number of nitrogens with two attached hydrogens (primary N) is 1. The minimum Gasteiger partial charge on any atom is -0.326 e. The van der Waals surface area contributed by atoms with Crippen molar-refractivity contribution in [1.82, 2.24) is 9.36 Å². The summed E-state index contributed by atoms with van der Waals surface area (Å²) in [6.45, 7) is 0.423. The van der Waals surface area contributed by atoms with E-state index in [0.29, 0.717) is 12.3 Å². The Hall–Kier alpha value is -0.980. The monoisotopic (exact) mass is 255 g/mol. The van der Waals surface area contributed by atoms with E-state index in [2.05, 4.69) is 9.36 Å². The lowest BCUT2D eigenvalue weighted by molar-refractivity contribution is 0.625. The summed E-state index contributed by atoms with van der Waals surface area (Å²) in [4.78, 5) is 4.05. The van der Waals surface area contributed by atoms with Crippen molar-refractivity contribution in [3.05, 3.63) is 41.5 Å². The van der Waals surface area contributed by atoms with E-state index in [0.717, 1.165) is 15.5 Å². The normalized spacial score (nSPS) is 10.6. The van der Waals surface area contributed by atoms with E-state index in [4.69, 9.17) is 5.73 Å². The van der Waals surface area contributed by atoms with Crippen molar-refractivity contribution in [3.63, 3.8) is 0 Å². The van der Waals surface area contributed by atoms with Crippen LogP contribution in [0.15, 0.2) is 28.9 Å². The lowest BCUT2D eigenvalue weighted by Crippen LogP contribution is -2.01. The van der Waals surface area contributed by atoms with E-state index in [1.807, 2.05) is 0 Å². The van der Waals surface area contributed by atoms with Gasteiger partial charge < -0.3 is 5.73 Å². The number of aromatic nitrogens is 2. The highest BCUT2D eigenvalue weighted by atomic mass is 32.2. The molecule has 84 valence electrons. The number of rotatable bonds is 4. The zero-order valence-electron chi connectivity index (χ0n) is 8.39. The molecule has 0 saturated carbocycles. The van der Waals surface area contributed by atoms with Gasteiger partial charge in [-0.15, -0.1) is 0 Å². The van der Waals surface area contributed by atoms with Gasteiger partial charge in [-0.25, -0.2) is 9.37 Å². The highest BCUT2D eigenvalue weighted by molar-refractivity contribution is 8.00. The summed E-state index contributed by atoms with van der Waals surface area (Å²) in [5.74, 6) is 0.435. The van der Waals surface area contributed by atoms with Gasteiger partial charge in [0.1, 0.15) is 12.1 Å². The van der Waals surface area contributed by atoms with Crippen molar-refractivity contribution in [2.45, 2.75) is 16.6 Å². The van der Waals surface area contributed by atoms with Gasteiger partial charge in [0.15, 0.2) is 4.34 Å². The summed E-state index contributed by atoms with van der Waals surface area (Å²) in [7, 11) is 0. The predicted octanol–water partition coefficient (Wildman–Crippen LogP) is 2.43. The first-order chi connectivity index (χ1) is 7.79. The maximum Gasteiger partial charge on any atom is 0.170 e. The number of benzene rings is 1. The molecular formula is C10H10FN3S2. The molecule has 2 N–H and O–H groups in total. The van der Waals surface area contributed by atoms with Crippen molar-refractivity contribution < 1.29 is 4.39 Å². The van der Waals surface area contributed by atoms with Gasteiger partial charge in [-0.3, -0.25) is 0 Å². The Kier molecular flexibility index (Phi) is 3.87. The molecule has 0 aliphatic carbocycles. The van der Waals surface area contributed by atoms with E-state index in [-0.39, 0.29) is 5.82 Å². The number of halogens is 1. The standard InChI is InChI=1S/C10H10FN3S2/c11-9-2-1-7(4-12)8(3-9)5-15-10-13-6-14-16-10/h1-3,6H,4-5,12H2. The van der Waals surface area contributed by atoms with Gasteiger partial charge in [-0.05, 0) is 34.8 Å². The first kappa shape index (κ1) is 11.5. The minimum absolute atomic E-state index is 0.231. The number of thioether (sulfide) groups is 1. The van der Waals surface area contributed by atoms with Crippen LogP contribution in [0.25, 0.3) is 0 Å². The van der Waals surface area contributed by atoms with Crippen LogP contribution in [-0.4, -0.2) is 9.36 Å². The van der Waals surface area contributed by atoms with Gasteiger partial charge in [0.2, 0.25) is 0 Å². The second-order valence-corrected chi connectivity index (χ2v) is 5.12. The van der Waals surface area contributed by atoms with Crippen molar-refractivity contribution >= 4 is 23.3 Å². The van der Waals surface area contributed by atoms with Crippen LogP contribution in [0, 0.1) is 5.82 Å². The van der Waals surface area contributed by atoms with E-state index in [9.17, 15) is 4.39 Å². The Morgan fingerprint density at radius 3 is 2.94 bits per heavy atom. The first-order valence-electron chi connectivity index (χ1n) is 4.66. The molecule has 0 saturated heterocycles. The van der Waals surface area contributed by atoms with Crippen LogP contribution >= 0.6 is 23.3 Å². The van der Waals surface area contributed by atoms with Crippen LogP contribution in [-0.2, 0) is 12.3 Å². The van der Waals surface area contributed by atoms with Crippen LogP contribution in [0.2, 0.25) is 0 Å². The average Bonchev–Trinajstić information content (AvgIpc) is 2.79. The van der Waals surface area contributed by atoms with E-state index in [1.165, 1.54) is 30.0 Å². The first-order valence-corrected chi connectivity index (χ1v) is 6.42. The fourth-order valence-electron chi connectivity index (χ4n) is 1.29. The lowest BCUT2D eigenvalue weighted by atomic mass is 10.1. The smallest absolute Gasteiger partial charge is 0.170 e. The molecule has 0 unspecified atom stereocenters. The maximum absolute atomic E-state index is 13.1. The molecule has 0 aliphatic heterocycles. The molecule has 0 fully saturated rings. The summed E-state index contributed by atoms with van der Waals surface area (Å²) in [5, 5.41) is 0. The molecular weight excluding hydrogens is 245 g/mol. The fourth-order valence-corrected chi connectivity index (χ4v) is 2.76. The Bertz CT molecular complexity index is 459. The van der Waals surface area contributed by atoms with Crippen molar-refractivity contribution in [2.75, 3.05) is 0 Å². The lowest BCUT2D eigenvalue weighted by Gasteiger charge is -2.06. The van der Waals surface area contributed by atoms with Gasteiger partial charge in [-0.2, -0.15) is 4.37 Å². The number of hydrogen-bond acceptors (Lipinski definition) is 5. The average molecular weight is 255 g/mol. The zero-order valence-corrected chi connectivity index (χ0v) is 10.0. The van der Waals surface area contributed by atoms with E-state index >= 15 is 0 Å². The summed E-state index contributed by atoms with van der Waals surface area (Å²) < 4.78 is 17.9. The maximum atomic E-state index is 13.1. The van der Waals surface area contributed by atoms with Crippen LogP contribution in [0.1, 0.15) is 11.1 Å². The molecule has 0 bridgehead atoms. The fraction of sp³-hybridized carbons (Fsp3) is 0.200. The summed E-state index contributed by atoms with van der Waals surface area (Å²) >= 11 is 2.88. The molecule has 2 aromatic rings. The highest BCUT2D eigenvalue weighted by Crippen LogP contribution is 2.25. The van der Waals surface area contributed by atoms with Gasteiger partial charge in [-0.1, -0.05) is 17.8 Å². The molecule has 3 nitrogen and oxygen atoms in total. The Morgan fingerprint density at radius 2 is 2.25 bits per heavy atom. The van der Waals surface area contributed by atoms with Gasteiger partial charge in [0, 0.05) is 12.3 Å². The molecule has 0 atom stereocenters. The summed E-state index contributed by atoms with van der Waals surface area (Å²) in [5.41, 5.74) is 7.48. The van der Waals surface area contributed by atoms with Crippen LogP contribution < -0.4 is 5.73 Å². The molecule has 0 radical (unpaired) electrons. The second kappa shape index (κ2) is 5.38. The third-order valence-electron chi connectivity index (χ3n) is 2.08. The highest BCUT2D eigenvalue weighted by Gasteiger charge is 2.05. The largest absolute Gasteiger partial charge is 0.326 e. The topological polar surface area (TPSA) is 51.8 Å². The zero-order chi connectivity index (χ0) is 11.4. The van der Waals surface area contributed by atoms with Gasteiger partial charge in [0.05, 0.1) is 0 Å². The molecule has 1 aromatic carbocycles. The number of nitrogens with zero attached hydrogens (tertiary/aromatic N) is 2. The van der Waals surface area contributed by atoms with Gasteiger partial charge >= 0.3 is 0 Å². The SMILES string of the molecule is NCc1ccc(F)cc1CSc1ncns1. The molecule has 1 heterocycles. The van der Waals surface area contributed by atoms with E-state index in [1.54, 1.807) is 17.8 Å². The molecule has 6 heteroatoms. The molecule has 0 spiro atoms. The second-order valence-electron chi connectivity index (χ2n) is 3.11. The van der Waals surface area contributed by atoms with Crippen molar-refractivity contribution in [1.29, 1.82) is 0 Å². The van der Waals surface area contributed by atoms with Crippen LogP contribution in [0.5, 0.6) is 0 Å². The Labute approximate surface area is 101 Å². The number of hydrogen-bond donors (Lipinski definition) is 1. The predicted molar refractivity (Wildman–Crippen MR) is 63.8 cm³/mol. The van der Waals surface area contributed by atoms with Gasteiger partial charge in [0.25, 0.3) is 0 Å². The van der Waals surface area contributed by atoms with Crippen molar-refractivity contribution in [3.8, 4) is 0 Å². The summed E-state index contributed by atoms with van der Waals surface area (Å²) in [6.07, 6.45) is 1.52.